The molecule has 0 saturated carbocycles. The number of carbonyl (C=O) groups excluding carboxylic acids is 1. The summed E-state index contributed by atoms with van der Waals surface area (Å²) in [6.07, 6.45) is 0. The number of nitrogens with one attached hydrogen (secondary N) is 1. The normalized spacial score (nSPS) is 11.1. The molecule has 1 amide bonds. The summed E-state index contributed by atoms with van der Waals surface area (Å²) in [5.41, 5.74) is 1.26. The Kier molecular flexibility index (Phi) is 4.71. The van der Waals surface area contributed by atoms with Gasteiger partial charge in [0.1, 0.15) is 22.1 Å². The van der Waals surface area contributed by atoms with Crippen LogP contribution in [0.5, 0.6) is 11.5 Å². The van der Waals surface area contributed by atoms with Crippen molar-refractivity contribution in [1.29, 1.82) is 0 Å². The van der Waals surface area contributed by atoms with Crippen LogP contribution in [0.3, 0.4) is 0 Å². The van der Waals surface area contributed by atoms with Crippen molar-refractivity contribution in [1.82, 2.24) is 4.37 Å². The second-order valence-electron chi connectivity index (χ2n) is 5.82. The van der Waals surface area contributed by atoms with Gasteiger partial charge in [0.05, 0.1) is 19.9 Å². The Bertz CT molecular complexity index is 652. The molecule has 0 atom stereocenters. The molecule has 2 rings (SSSR count). The quantitative estimate of drug-likeness (QED) is 0.933. The average Bonchev–Trinajstić information content (AvgIpc) is 2.94. The van der Waals surface area contributed by atoms with E-state index in [-0.39, 0.29) is 11.3 Å². The van der Waals surface area contributed by atoms with E-state index in [1.54, 1.807) is 18.2 Å². The first-order valence-corrected chi connectivity index (χ1v) is 7.63. The molecule has 0 radical (unpaired) electrons. The van der Waals surface area contributed by atoms with Crippen LogP contribution >= 0.6 is 11.5 Å². The molecular weight excluding hydrogens is 300 g/mol. The number of carbonyl (C=O) groups is 1. The summed E-state index contributed by atoms with van der Waals surface area (Å²) in [6, 6.07) is 7.12. The van der Waals surface area contributed by atoms with Crippen molar-refractivity contribution in [3.05, 3.63) is 35.5 Å². The monoisotopic (exact) mass is 320 g/mol. The maximum Gasteiger partial charge on any atom is 0.263 e. The molecule has 0 aliphatic carbocycles. The lowest BCUT2D eigenvalue weighted by molar-refractivity contribution is 0.102. The summed E-state index contributed by atoms with van der Waals surface area (Å²) in [5, 5.41) is 3.55. The van der Waals surface area contributed by atoms with E-state index in [2.05, 4.69) is 30.5 Å². The lowest BCUT2D eigenvalue weighted by Gasteiger charge is -2.14. The predicted molar refractivity (Wildman–Crippen MR) is 88.3 cm³/mol. The fourth-order valence-electron chi connectivity index (χ4n) is 1.94. The summed E-state index contributed by atoms with van der Waals surface area (Å²) < 4.78 is 14.9. The fraction of sp³-hybridized carbons (Fsp3) is 0.375. The molecule has 0 spiro atoms. The zero-order valence-electron chi connectivity index (χ0n) is 13.4. The highest BCUT2D eigenvalue weighted by Crippen LogP contribution is 2.31. The minimum absolute atomic E-state index is 0.0540. The van der Waals surface area contributed by atoms with Crippen molar-refractivity contribution in [3.63, 3.8) is 0 Å². The van der Waals surface area contributed by atoms with Crippen molar-refractivity contribution >= 4 is 22.4 Å². The molecule has 0 bridgehead atoms. The fourth-order valence-corrected chi connectivity index (χ4v) is 2.76. The third-order valence-electron chi connectivity index (χ3n) is 3.17. The van der Waals surface area contributed by atoms with E-state index in [0.717, 1.165) is 5.69 Å². The molecule has 118 valence electrons. The molecular formula is C16H20N2O3S. The number of hydrogen-bond donors (Lipinski definition) is 1. The van der Waals surface area contributed by atoms with Crippen LogP contribution in [0.1, 0.15) is 36.8 Å². The number of ether oxygens (including phenoxy) is 2. The Balaban J connectivity index is 2.28. The van der Waals surface area contributed by atoms with Crippen LogP contribution in [0.15, 0.2) is 24.3 Å². The first-order valence-electron chi connectivity index (χ1n) is 6.86. The van der Waals surface area contributed by atoms with Crippen molar-refractivity contribution in [2.24, 2.45) is 0 Å². The lowest BCUT2D eigenvalue weighted by Crippen LogP contribution is -2.14. The number of aromatic nitrogens is 1. The van der Waals surface area contributed by atoms with Gasteiger partial charge in [0.15, 0.2) is 0 Å². The van der Waals surface area contributed by atoms with Crippen LogP contribution in [-0.2, 0) is 5.41 Å². The van der Waals surface area contributed by atoms with Gasteiger partial charge in [0.2, 0.25) is 0 Å². The van der Waals surface area contributed by atoms with E-state index in [0.29, 0.717) is 22.1 Å². The van der Waals surface area contributed by atoms with Crippen LogP contribution < -0.4 is 14.8 Å². The molecule has 0 unspecified atom stereocenters. The SMILES string of the molecule is COc1cccc(OC)c1C(=O)Nc1cc(C(C)(C)C)ns1. The summed E-state index contributed by atoms with van der Waals surface area (Å²) in [5.74, 6) is 0.660. The van der Waals surface area contributed by atoms with Crippen LogP contribution in [0.2, 0.25) is 0 Å². The smallest absolute Gasteiger partial charge is 0.263 e. The molecule has 1 aromatic carbocycles. The Labute approximate surface area is 134 Å². The van der Waals surface area contributed by atoms with E-state index in [1.807, 2.05) is 6.07 Å². The van der Waals surface area contributed by atoms with Gasteiger partial charge in [-0.15, -0.1) is 0 Å². The Morgan fingerprint density at radius 2 is 1.77 bits per heavy atom. The molecule has 2 aromatic rings. The van der Waals surface area contributed by atoms with Gasteiger partial charge in [-0.3, -0.25) is 4.79 Å². The molecule has 0 aliphatic rings. The number of benzene rings is 1. The van der Waals surface area contributed by atoms with Crippen molar-refractivity contribution in [3.8, 4) is 11.5 Å². The molecule has 1 N–H and O–H groups in total. The van der Waals surface area contributed by atoms with Gasteiger partial charge in [-0.1, -0.05) is 26.8 Å². The molecule has 22 heavy (non-hydrogen) atoms. The zero-order valence-corrected chi connectivity index (χ0v) is 14.2. The third-order valence-corrected chi connectivity index (χ3v) is 3.87. The number of anilines is 1. The molecule has 6 heteroatoms. The second-order valence-corrected chi connectivity index (χ2v) is 6.62. The van der Waals surface area contributed by atoms with Crippen LogP contribution in [-0.4, -0.2) is 24.5 Å². The van der Waals surface area contributed by atoms with Crippen LogP contribution in [0.4, 0.5) is 5.00 Å². The number of methoxy groups -OCH3 is 2. The number of rotatable bonds is 4. The lowest BCUT2D eigenvalue weighted by atomic mass is 9.92. The molecule has 1 aromatic heterocycles. The Hall–Kier alpha value is -2.08. The second kappa shape index (κ2) is 6.36. The Morgan fingerprint density at radius 3 is 2.23 bits per heavy atom. The van der Waals surface area contributed by atoms with E-state index in [1.165, 1.54) is 25.8 Å². The van der Waals surface area contributed by atoms with Gasteiger partial charge < -0.3 is 14.8 Å². The standard InChI is InChI=1S/C16H20N2O3S/c1-16(2,3)12-9-13(22-18-12)17-15(19)14-10(20-4)7-6-8-11(14)21-5/h6-9H,1-5H3,(H,17,19). The topological polar surface area (TPSA) is 60.5 Å². The molecule has 1 heterocycles. The van der Waals surface area contributed by atoms with E-state index in [4.69, 9.17) is 9.47 Å². The third kappa shape index (κ3) is 3.39. The van der Waals surface area contributed by atoms with Crippen LogP contribution in [0, 0.1) is 0 Å². The minimum Gasteiger partial charge on any atom is -0.496 e. The summed E-state index contributed by atoms with van der Waals surface area (Å²) in [7, 11) is 3.05. The highest BCUT2D eigenvalue weighted by Gasteiger charge is 2.21. The first-order chi connectivity index (χ1) is 10.4. The number of amides is 1. The van der Waals surface area contributed by atoms with Gasteiger partial charge in [0, 0.05) is 5.41 Å². The van der Waals surface area contributed by atoms with Crippen molar-refractivity contribution in [2.75, 3.05) is 19.5 Å². The first kappa shape index (κ1) is 16.3. The minimum atomic E-state index is -0.279. The maximum absolute atomic E-state index is 12.5. The van der Waals surface area contributed by atoms with Gasteiger partial charge in [0.25, 0.3) is 5.91 Å². The van der Waals surface area contributed by atoms with Gasteiger partial charge in [-0.25, -0.2) is 0 Å². The van der Waals surface area contributed by atoms with Gasteiger partial charge >= 0.3 is 0 Å². The molecule has 0 aliphatic heterocycles. The van der Waals surface area contributed by atoms with Gasteiger partial charge in [-0.2, -0.15) is 4.37 Å². The van der Waals surface area contributed by atoms with Crippen molar-refractivity contribution < 1.29 is 14.3 Å². The van der Waals surface area contributed by atoms with E-state index in [9.17, 15) is 4.79 Å². The molecule has 0 saturated heterocycles. The summed E-state index contributed by atoms with van der Waals surface area (Å²) in [4.78, 5) is 12.5. The van der Waals surface area contributed by atoms with Crippen molar-refractivity contribution in [2.45, 2.75) is 26.2 Å². The summed E-state index contributed by atoms with van der Waals surface area (Å²) >= 11 is 1.26. The summed E-state index contributed by atoms with van der Waals surface area (Å²) in [6.45, 7) is 6.24. The van der Waals surface area contributed by atoms with E-state index >= 15 is 0 Å². The molecule has 0 fully saturated rings. The van der Waals surface area contributed by atoms with Crippen LogP contribution in [0.25, 0.3) is 0 Å². The highest BCUT2D eigenvalue weighted by molar-refractivity contribution is 7.10. The highest BCUT2D eigenvalue weighted by atomic mass is 32.1. The van der Waals surface area contributed by atoms with E-state index < -0.39 is 0 Å². The number of hydrogen-bond acceptors (Lipinski definition) is 5. The van der Waals surface area contributed by atoms with Gasteiger partial charge in [-0.05, 0) is 29.7 Å². The Morgan fingerprint density at radius 1 is 1.18 bits per heavy atom. The largest absolute Gasteiger partial charge is 0.496 e. The number of nitrogens with zero attached hydrogens (tertiary/aromatic N) is 1. The maximum atomic E-state index is 12.5. The predicted octanol–water partition coefficient (Wildman–Crippen LogP) is 3.71. The average molecular weight is 320 g/mol. The molecule has 5 nitrogen and oxygen atoms in total. The zero-order chi connectivity index (χ0) is 16.3.